The van der Waals surface area contributed by atoms with Gasteiger partial charge in [-0.1, -0.05) is 29.3 Å². The van der Waals surface area contributed by atoms with Crippen LogP contribution in [0.25, 0.3) is 0 Å². The Morgan fingerprint density at radius 1 is 1.05 bits per heavy atom. The summed E-state index contributed by atoms with van der Waals surface area (Å²) in [4.78, 5) is 12.1. The molecule has 2 aromatic carbocycles. The molecule has 2 aromatic rings. The molecule has 0 aliphatic carbocycles. The van der Waals surface area contributed by atoms with Crippen LogP contribution in [0.2, 0.25) is 10.0 Å². The van der Waals surface area contributed by atoms with E-state index in [-0.39, 0.29) is 16.0 Å². The summed E-state index contributed by atoms with van der Waals surface area (Å²) < 4.78 is 0. The molecule has 2 rings (SSSR count). The predicted molar refractivity (Wildman–Crippen MR) is 96.1 cm³/mol. The molecule has 114 valence electrons. The van der Waals surface area contributed by atoms with Crippen molar-refractivity contribution in [3.63, 3.8) is 0 Å². The first-order valence-corrected chi connectivity index (χ1v) is 7.67. The first-order chi connectivity index (χ1) is 10.3. The van der Waals surface area contributed by atoms with Gasteiger partial charge in [0, 0.05) is 10.7 Å². The highest BCUT2D eigenvalue weighted by Crippen LogP contribution is 2.21. The van der Waals surface area contributed by atoms with Gasteiger partial charge in [-0.05, 0) is 67.5 Å². The number of carbonyl (C=O) groups excluding carboxylic acids is 1. The zero-order valence-electron chi connectivity index (χ0n) is 12.0. The van der Waals surface area contributed by atoms with Crippen molar-refractivity contribution >= 4 is 52.1 Å². The third kappa shape index (κ3) is 4.44. The minimum absolute atomic E-state index is 0.209. The second-order valence-corrected chi connectivity index (χ2v) is 6.16. The summed E-state index contributed by atoms with van der Waals surface area (Å²) in [5.41, 5.74) is 3.36. The van der Waals surface area contributed by atoms with Crippen molar-refractivity contribution in [2.75, 3.05) is 5.32 Å². The maximum Gasteiger partial charge on any atom is 0.258 e. The second-order valence-electron chi connectivity index (χ2n) is 4.91. The van der Waals surface area contributed by atoms with Crippen LogP contribution in [0, 0.1) is 13.8 Å². The Balaban J connectivity index is 2.06. The molecule has 0 saturated carbocycles. The largest absolute Gasteiger partial charge is 0.332 e. The number of rotatable bonds is 2. The Bertz CT molecular complexity index is 727. The van der Waals surface area contributed by atoms with Crippen molar-refractivity contribution < 1.29 is 4.79 Å². The second kappa shape index (κ2) is 7.09. The van der Waals surface area contributed by atoms with Gasteiger partial charge in [0.25, 0.3) is 5.91 Å². The number of amides is 1. The molecule has 0 bridgehead atoms. The lowest BCUT2D eigenvalue weighted by molar-refractivity contribution is 0.0978. The molecule has 0 saturated heterocycles. The zero-order valence-corrected chi connectivity index (χ0v) is 14.4. The number of aryl methyl sites for hydroxylation is 2. The number of halogens is 2. The highest BCUT2D eigenvalue weighted by molar-refractivity contribution is 7.80. The number of anilines is 1. The van der Waals surface area contributed by atoms with E-state index < -0.39 is 0 Å². The molecule has 0 fully saturated rings. The third-order valence-electron chi connectivity index (χ3n) is 2.88. The van der Waals surface area contributed by atoms with Gasteiger partial charge in [0.1, 0.15) is 0 Å². The van der Waals surface area contributed by atoms with Crippen molar-refractivity contribution in [1.82, 2.24) is 5.32 Å². The highest BCUT2D eigenvalue weighted by atomic mass is 35.5. The van der Waals surface area contributed by atoms with E-state index in [1.807, 2.05) is 26.0 Å². The van der Waals surface area contributed by atoms with Crippen molar-refractivity contribution in [1.29, 1.82) is 0 Å². The van der Waals surface area contributed by atoms with Crippen LogP contribution in [0.1, 0.15) is 21.5 Å². The SMILES string of the molecule is Cc1cc(C)cc(NC(=S)NC(=O)c2ccc(Cl)cc2Cl)c1. The first kappa shape index (κ1) is 16.7. The van der Waals surface area contributed by atoms with Crippen LogP contribution in [0.3, 0.4) is 0 Å². The summed E-state index contributed by atoms with van der Waals surface area (Å²) in [6.45, 7) is 3.99. The lowest BCUT2D eigenvalue weighted by Gasteiger charge is -2.11. The molecule has 0 spiro atoms. The van der Waals surface area contributed by atoms with Crippen LogP contribution >= 0.6 is 35.4 Å². The van der Waals surface area contributed by atoms with Crippen LogP contribution in [-0.4, -0.2) is 11.0 Å². The normalized spacial score (nSPS) is 10.2. The Morgan fingerprint density at radius 2 is 1.68 bits per heavy atom. The molecular formula is C16H14Cl2N2OS. The average molecular weight is 353 g/mol. The van der Waals surface area contributed by atoms with Gasteiger partial charge in [-0.15, -0.1) is 0 Å². The fourth-order valence-corrected chi connectivity index (χ4v) is 2.76. The van der Waals surface area contributed by atoms with E-state index in [0.717, 1.165) is 16.8 Å². The van der Waals surface area contributed by atoms with Crippen molar-refractivity contribution in [3.8, 4) is 0 Å². The molecule has 0 atom stereocenters. The van der Waals surface area contributed by atoms with Gasteiger partial charge in [0.15, 0.2) is 5.11 Å². The van der Waals surface area contributed by atoms with Gasteiger partial charge in [0.2, 0.25) is 0 Å². The summed E-state index contributed by atoms with van der Waals surface area (Å²) >= 11 is 17.0. The first-order valence-electron chi connectivity index (χ1n) is 6.51. The van der Waals surface area contributed by atoms with Gasteiger partial charge in [0.05, 0.1) is 10.6 Å². The van der Waals surface area contributed by atoms with Crippen molar-refractivity contribution in [2.45, 2.75) is 13.8 Å². The molecule has 22 heavy (non-hydrogen) atoms. The quantitative estimate of drug-likeness (QED) is 0.767. The molecule has 0 aliphatic rings. The molecule has 0 radical (unpaired) electrons. The van der Waals surface area contributed by atoms with Gasteiger partial charge < -0.3 is 5.32 Å². The fraction of sp³-hybridized carbons (Fsp3) is 0.125. The highest BCUT2D eigenvalue weighted by Gasteiger charge is 2.12. The molecule has 1 amide bonds. The summed E-state index contributed by atoms with van der Waals surface area (Å²) in [5, 5.41) is 6.54. The Labute approximate surface area is 144 Å². The lowest BCUT2D eigenvalue weighted by atomic mass is 10.1. The van der Waals surface area contributed by atoms with E-state index in [9.17, 15) is 4.79 Å². The van der Waals surface area contributed by atoms with E-state index in [1.165, 1.54) is 6.07 Å². The van der Waals surface area contributed by atoms with E-state index in [2.05, 4.69) is 16.7 Å². The van der Waals surface area contributed by atoms with Crippen LogP contribution < -0.4 is 10.6 Å². The van der Waals surface area contributed by atoms with Crippen molar-refractivity contribution in [2.24, 2.45) is 0 Å². The number of thiocarbonyl (C=S) groups is 1. The Kier molecular flexibility index (Phi) is 5.40. The summed E-state index contributed by atoms with van der Waals surface area (Å²) in [6, 6.07) is 10.6. The maximum absolute atomic E-state index is 12.1. The molecule has 0 heterocycles. The standard InChI is InChI=1S/C16H14Cl2N2OS/c1-9-5-10(2)7-12(6-9)19-16(22)20-15(21)13-4-3-11(17)8-14(13)18/h3-8H,1-2H3,(H2,19,20,21,22). The molecule has 6 heteroatoms. The number of carbonyl (C=O) groups is 1. The van der Waals surface area contributed by atoms with Gasteiger partial charge >= 0.3 is 0 Å². The number of hydrogen-bond donors (Lipinski definition) is 2. The minimum atomic E-state index is -0.386. The molecular weight excluding hydrogens is 339 g/mol. The fourth-order valence-electron chi connectivity index (χ4n) is 2.05. The van der Waals surface area contributed by atoms with Crippen molar-refractivity contribution in [3.05, 3.63) is 63.1 Å². The van der Waals surface area contributed by atoms with E-state index >= 15 is 0 Å². The maximum atomic E-state index is 12.1. The Morgan fingerprint density at radius 3 is 2.27 bits per heavy atom. The summed E-state index contributed by atoms with van der Waals surface area (Å²) in [6.07, 6.45) is 0. The monoisotopic (exact) mass is 352 g/mol. The smallest absolute Gasteiger partial charge is 0.258 e. The van der Waals surface area contributed by atoms with E-state index in [1.54, 1.807) is 12.1 Å². The third-order valence-corrected chi connectivity index (χ3v) is 3.63. The van der Waals surface area contributed by atoms with E-state index in [0.29, 0.717) is 10.6 Å². The minimum Gasteiger partial charge on any atom is -0.332 e. The number of benzene rings is 2. The molecule has 0 unspecified atom stereocenters. The topological polar surface area (TPSA) is 41.1 Å². The zero-order chi connectivity index (χ0) is 16.3. The van der Waals surface area contributed by atoms with Crippen LogP contribution in [0.4, 0.5) is 5.69 Å². The molecule has 3 nitrogen and oxygen atoms in total. The molecule has 0 aliphatic heterocycles. The molecule has 2 N–H and O–H groups in total. The van der Waals surface area contributed by atoms with E-state index in [4.69, 9.17) is 35.4 Å². The Hall–Kier alpha value is -1.62. The van der Waals surface area contributed by atoms with Gasteiger partial charge in [-0.3, -0.25) is 10.1 Å². The number of nitrogens with one attached hydrogen (secondary N) is 2. The summed E-state index contributed by atoms with van der Waals surface area (Å²) in [7, 11) is 0. The molecule has 0 aromatic heterocycles. The average Bonchev–Trinajstić information content (AvgIpc) is 2.36. The van der Waals surface area contributed by atoms with Crippen LogP contribution in [0.5, 0.6) is 0 Å². The van der Waals surface area contributed by atoms with Crippen LogP contribution in [0.15, 0.2) is 36.4 Å². The predicted octanol–water partition coefficient (Wildman–Crippen LogP) is 4.74. The van der Waals surface area contributed by atoms with Gasteiger partial charge in [-0.25, -0.2) is 0 Å². The van der Waals surface area contributed by atoms with Crippen LogP contribution in [-0.2, 0) is 0 Å². The summed E-state index contributed by atoms with van der Waals surface area (Å²) in [5.74, 6) is -0.386. The van der Waals surface area contributed by atoms with Gasteiger partial charge in [-0.2, -0.15) is 0 Å². The number of hydrogen-bond acceptors (Lipinski definition) is 2. The lowest BCUT2D eigenvalue weighted by Crippen LogP contribution is -2.34.